The van der Waals surface area contributed by atoms with Crippen molar-refractivity contribution in [2.45, 2.75) is 50.3 Å². The Hall–Kier alpha value is -0.410. The van der Waals surface area contributed by atoms with Gasteiger partial charge in [0, 0.05) is 31.8 Å². The minimum atomic E-state index is -3.01. The van der Waals surface area contributed by atoms with Crippen LogP contribution in [0.3, 0.4) is 0 Å². The summed E-state index contributed by atoms with van der Waals surface area (Å²) in [5.74, 6) is 0.345. The molecule has 1 N–H and O–H groups in total. The number of piperidine rings is 1. The largest absolute Gasteiger partial charge is 0.376 e. The van der Waals surface area contributed by atoms with E-state index in [0.717, 1.165) is 45.4 Å². The third-order valence-corrected chi connectivity index (χ3v) is 7.42. The zero-order chi connectivity index (χ0) is 17.9. The molecular weight excluding hydrogens is 378 g/mol. The van der Waals surface area contributed by atoms with Crippen LogP contribution >= 0.6 is 12.4 Å². The number of halogens is 1. The summed E-state index contributed by atoms with van der Waals surface area (Å²) in [5, 5.41) is 3.30. The zero-order valence-corrected chi connectivity index (χ0v) is 17.2. The van der Waals surface area contributed by atoms with E-state index in [1.807, 2.05) is 11.9 Å². The molecule has 1 amide bonds. The maximum atomic E-state index is 13.0. The number of carbonyl (C=O) groups is 1. The molecule has 9 heteroatoms. The van der Waals surface area contributed by atoms with Gasteiger partial charge in [0.25, 0.3) is 0 Å². The van der Waals surface area contributed by atoms with Crippen LogP contribution in [0.1, 0.15) is 32.1 Å². The first-order chi connectivity index (χ1) is 12.0. The van der Waals surface area contributed by atoms with Crippen molar-refractivity contribution < 1.29 is 17.9 Å². The lowest BCUT2D eigenvalue weighted by Gasteiger charge is -2.36. The Morgan fingerprint density at radius 3 is 2.69 bits per heavy atom. The summed E-state index contributed by atoms with van der Waals surface area (Å²) in [6, 6.07) is 0.242. The van der Waals surface area contributed by atoms with Crippen LogP contribution < -0.4 is 5.32 Å². The molecule has 3 fully saturated rings. The number of hydrogen-bond acceptors (Lipinski definition) is 6. The van der Waals surface area contributed by atoms with Gasteiger partial charge in [0.15, 0.2) is 9.84 Å². The number of likely N-dealkylation sites (tertiary alicyclic amines) is 1. The summed E-state index contributed by atoms with van der Waals surface area (Å²) < 4.78 is 29.5. The number of amides is 1. The topological polar surface area (TPSA) is 79.0 Å². The molecule has 0 radical (unpaired) electrons. The SMILES string of the molecule is CNC1CCCN(CC(=O)N(CC2CCCO2)C2CCS(=O)(=O)C2)C1.Cl. The Morgan fingerprint density at radius 1 is 1.27 bits per heavy atom. The van der Waals surface area contributed by atoms with E-state index in [9.17, 15) is 13.2 Å². The molecule has 3 atom stereocenters. The van der Waals surface area contributed by atoms with Gasteiger partial charge in [-0.3, -0.25) is 9.69 Å². The molecule has 0 aromatic rings. The average molecular weight is 410 g/mol. The minimum Gasteiger partial charge on any atom is -0.376 e. The van der Waals surface area contributed by atoms with Crippen molar-refractivity contribution >= 4 is 28.2 Å². The Labute approximate surface area is 163 Å². The number of nitrogens with zero attached hydrogens (tertiary/aromatic N) is 2. The molecule has 0 aromatic heterocycles. The van der Waals surface area contributed by atoms with Gasteiger partial charge in [0.1, 0.15) is 0 Å². The summed E-state index contributed by atoms with van der Waals surface area (Å²) in [6.07, 6.45) is 4.81. The van der Waals surface area contributed by atoms with Crippen molar-refractivity contribution in [3.05, 3.63) is 0 Å². The number of likely N-dealkylation sites (N-methyl/N-ethyl adjacent to an activating group) is 1. The molecule has 0 aromatic carbocycles. The predicted molar refractivity (Wildman–Crippen MR) is 104 cm³/mol. The zero-order valence-electron chi connectivity index (χ0n) is 15.6. The molecule has 26 heavy (non-hydrogen) atoms. The number of nitrogens with one attached hydrogen (secondary N) is 1. The highest BCUT2D eigenvalue weighted by Gasteiger charge is 2.37. The molecule has 3 unspecified atom stereocenters. The molecule has 3 rings (SSSR count). The van der Waals surface area contributed by atoms with Gasteiger partial charge in [-0.15, -0.1) is 12.4 Å². The van der Waals surface area contributed by atoms with E-state index in [0.29, 0.717) is 25.6 Å². The molecule has 3 aliphatic heterocycles. The van der Waals surface area contributed by atoms with Crippen LogP contribution in [0.4, 0.5) is 0 Å². The van der Waals surface area contributed by atoms with Crippen LogP contribution in [-0.4, -0.2) is 93.7 Å². The molecule has 3 saturated heterocycles. The van der Waals surface area contributed by atoms with E-state index < -0.39 is 9.84 Å². The first-order valence-electron chi connectivity index (χ1n) is 9.48. The Morgan fingerprint density at radius 2 is 2.08 bits per heavy atom. The van der Waals surface area contributed by atoms with Gasteiger partial charge >= 0.3 is 0 Å². The lowest BCUT2D eigenvalue weighted by Crippen LogP contribution is -2.52. The van der Waals surface area contributed by atoms with Gasteiger partial charge in [0.05, 0.1) is 24.2 Å². The van der Waals surface area contributed by atoms with Crippen molar-refractivity contribution in [1.82, 2.24) is 15.1 Å². The summed E-state index contributed by atoms with van der Waals surface area (Å²) in [5.41, 5.74) is 0. The predicted octanol–water partition coefficient (Wildman–Crippen LogP) is 0.287. The normalized spacial score (nSPS) is 31.5. The third kappa shape index (κ3) is 5.79. The van der Waals surface area contributed by atoms with Crippen LogP contribution in [0, 0.1) is 0 Å². The maximum Gasteiger partial charge on any atom is 0.237 e. The second-order valence-corrected chi connectivity index (χ2v) is 9.83. The molecular formula is C17H32ClN3O4S. The monoisotopic (exact) mass is 409 g/mol. The Balaban J connectivity index is 0.00000243. The Kier molecular flexibility index (Phi) is 8.15. The summed E-state index contributed by atoms with van der Waals surface area (Å²) >= 11 is 0. The van der Waals surface area contributed by atoms with Gasteiger partial charge in [-0.25, -0.2) is 8.42 Å². The fourth-order valence-corrected chi connectivity index (χ4v) is 5.93. The summed E-state index contributed by atoms with van der Waals surface area (Å²) in [4.78, 5) is 17.0. The van der Waals surface area contributed by atoms with Gasteiger partial charge in [-0.1, -0.05) is 0 Å². The van der Waals surface area contributed by atoms with E-state index in [-0.39, 0.29) is 42.0 Å². The standard InChI is InChI=1S/C17H31N3O4S.ClH/c1-18-14-4-2-7-19(10-14)12-17(21)20(11-16-5-3-8-24-16)15-6-9-25(22,23)13-15;/h14-16,18H,2-13H2,1H3;1H. The van der Waals surface area contributed by atoms with Crippen molar-refractivity contribution in [3.63, 3.8) is 0 Å². The van der Waals surface area contributed by atoms with Crippen LogP contribution in [0.15, 0.2) is 0 Å². The van der Waals surface area contributed by atoms with Crippen LogP contribution in [0.2, 0.25) is 0 Å². The van der Waals surface area contributed by atoms with Gasteiger partial charge in [0.2, 0.25) is 5.91 Å². The second kappa shape index (κ2) is 9.68. The molecule has 0 spiro atoms. The first kappa shape index (κ1) is 21.9. The number of hydrogen-bond donors (Lipinski definition) is 1. The van der Waals surface area contributed by atoms with Crippen molar-refractivity contribution in [3.8, 4) is 0 Å². The van der Waals surface area contributed by atoms with E-state index in [1.54, 1.807) is 0 Å². The quantitative estimate of drug-likeness (QED) is 0.679. The van der Waals surface area contributed by atoms with Gasteiger partial charge < -0.3 is 15.0 Å². The fourth-order valence-electron chi connectivity index (χ4n) is 4.20. The van der Waals surface area contributed by atoms with Crippen LogP contribution in [0.5, 0.6) is 0 Å². The highest BCUT2D eigenvalue weighted by Crippen LogP contribution is 2.22. The number of sulfone groups is 1. The summed E-state index contributed by atoms with van der Waals surface area (Å²) in [6.45, 7) is 3.45. The van der Waals surface area contributed by atoms with E-state index in [2.05, 4.69) is 10.2 Å². The lowest BCUT2D eigenvalue weighted by atomic mass is 10.1. The smallest absolute Gasteiger partial charge is 0.237 e. The van der Waals surface area contributed by atoms with Crippen molar-refractivity contribution in [2.24, 2.45) is 0 Å². The number of ether oxygens (including phenoxy) is 1. The summed E-state index contributed by atoms with van der Waals surface area (Å²) in [7, 11) is -1.05. The highest BCUT2D eigenvalue weighted by atomic mass is 35.5. The van der Waals surface area contributed by atoms with Gasteiger partial charge in [-0.05, 0) is 45.7 Å². The first-order valence-corrected chi connectivity index (χ1v) is 11.3. The Bertz CT molecular complexity index is 568. The third-order valence-electron chi connectivity index (χ3n) is 5.67. The second-order valence-electron chi connectivity index (χ2n) is 7.60. The molecule has 7 nitrogen and oxygen atoms in total. The maximum absolute atomic E-state index is 13.0. The lowest BCUT2D eigenvalue weighted by molar-refractivity contribution is -0.136. The molecule has 0 bridgehead atoms. The number of carbonyl (C=O) groups excluding carboxylic acids is 1. The average Bonchev–Trinajstić information content (AvgIpc) is 3.21. The molecule has 152 valence electrons. The van der Waals surface area contributed by atoms with Crippen LogP contribution in [0.25, 0.3) is 0 Å². The molecule has 0 aliphatic carbocycles. The van der Waals surface area contributed by atoms with Crippen LogP contribution in [-0.2, 0) is 19.4 Å². The van der Waals surface area contributed by atoms with E-state index in [4.69, 9.17) is 4.74 Å². The van der Waals surface area contributed by atoms with Gasteiger partial charge in [-0.2, -0.15) is 0 Å². The molecule has 0 saturated carbocycles. The number of rotatable bonds is 6. The van der Waals surface area contributed by atoms with E-state index in [1.165, 1.54) is 0 Å². The van der Waals surface area contributed by atoms with Crippen molar-refractivity contribution in [1.29, 1.82) is 0 Å². The van der Waals surface area contributed by atoms with Crippen molar-refractivity contribution in [2.75, 3.05) is 51.3 Å². The fraction of sp³-hybridized carbons (Fsp3) is 0.941. The van der Waals surface area contributed by atoms with E-state index >= 15 is 0 Å². The minimum absolute atomic E-state index is 0. The molecule has 3 heterocycles. The molecule has 3 aliphatic rings. The highest BCUT2D eigenvalue weighted by molar-refractivity contribution is 7.91.